The molecule has 1 aliphatic carbocycles. The van der Waals surface area contributed by atoms with Crippen LogP contribution < -0.4 is 5.32 Å². The van der Waals surface area contributed by atoms with E-state index in [1.54, 1.807) is 4.90 Å². The SMILES string of the molecule is CCC(C)C1NC(=O)C(C)N(CCC2=CCCCC2)C1=O. The molecule has 1 N–H and O–H groups in total. The molecule has 3 atom stereocenters. The number of allylic oxidation sites excluding steroid dienone is 1. The molecule has 21 heavy (non-hydrogen) atoms. The first kappa shape index (κ1) is 16.1. The molecule has 0 radical (unpaired) electrons. The zero-order chi connectivity index (χ0) is 15.4. The van der Waals surface area contributed by atoms with Gasteiger partial charge in [0.2, 0.25) is 11.8 Å². The van der Waals surface area contributed by atoms with Crippen LogP contribution in [0.25, 0.3) is 0 Å². The third-order valence-corrected chi connectivity index (χ3v) is 4.97. The van der Waals surface area contributed by atoms with Crippen molar-refractivity contribution in [1.82, 2.24) is 10.2 Å². The highest BCUT2D eigenvalue weighted by molar-refractivity contribution is 5.96. The van der Waals surface area contributed by atoms with Crippen molar-refractivity contribution in [2.45, 2.75) is 71.4 Å². The Kier molecular flexibility index (Phi) is 5.43. The highest BCUT2D eigenvalue weighted by atomic mass is 16.2. The Hall–Kier alpha value is -1.32. The van der Waals surface area contributed by atoms with Crippen molar-refractivity contribution in [1.29, 1.82) is 0 Å². The molecule has 1 saturated heterocycles. The average molecular weight is 292 g/mol. The van der Waals surface area contributed by atoms with E-state index < -0.39 is 0 Å². The minimum atomic E-state index is -0.348. The highest BCUT2D eigenvalue weighted by Crippen LogP contribution is 2.23. The van der Waals surface area contributed by atoms with Gasteiger partial charge in [-0.15, -0.1) is 0 Å². The van der Waals surface area contributed by atoms with Gasteiger partial charge >= 0.3 is 0 Å². The molecule has 0 aromatic rings. The Morgan fingerprint density at radius 2 is 2.14 bits per heavy atom. The summed E-state index contributed by atoms with van der Waals surface area (Å²) in [5.74, 6) is 0.260. The Labute approximate surface area is 128 Å². The van der Waals surface area contributed by atoms with Gasteiger partial charge in [-0.05, 0) is 44.9 Å². The van der Waals surface area contributed by atoms with Crippen LogP contribution in [0.1, 0.15) is 59.3 Å². The van der Waals surface area contributed by atoms with Crippen LogP contribution >= 0.6 is 0 Å². The molecule has 1 heterocycles. The van der Waals surface area contributed by atoms with Crippen molar-refractivity contribution in [2.24, 2.45) is 5.92 Å². The van der Waals surface area contributed by atoms with Gasteiger partial charge in [0, 0.05) is 6.54 Å². The summed E-state index contributed by atoms with van der Waals surface area (Å²) in [5, 5.41) is 2.89. The van der Waals surface area contributed by atoms with Gasteiger partial charge in [0.25, 0.3) is 0 Å². The maximum Gasteiger partial charge on any atom is 0.246 e. The minimum absolute atomic E-state index is 0.0162. The number of hydrogen-bond donors (Lipinski definition) is 1. The standard InChI is InChI=1S/C17H28N2O2/c1-4-12(2)15-17(21)19(13(3)16(20)18-15)11-10-14-8-6-5-7-9-14/h8,12-13,15H,4-7,9-11H2,1-3H3,(H,18,20). The second kappa shape index (κ2) is 7.10. The lowest BCUT2D eigenvalue weighted by Crippen LogP contribution is -2.64. The number of hydrogen-bond acceptors (Lipinski definition) is 2. The summed E-state index contributed by atoms with van der Waals surface area (Å²) in [7, 11) is 0. The van der Waals surface area contributed by atoms with E-state index in [4.69, 9.17) is 0 Å². The molecule has 1 fully saturated rings. The Bertz CT molecular complexity index is 431. The monoisotopic (exact) mass is 292 g/mol. The van der Waals surface area contributed by atoms with Gasteiger partial charge in [0.15, 0.2) is 0 Å². The van der Waals surface area contributed by atoms with E-state index in [2.05, 4.69) is 18.3 Å². The number of nitrogens with one attached hydrogen (secondary N) is 1. The number of piperazine rings is 1. The van der Waals surface area contributed by atoms with Gasteiger partial charge in [0.1, 0.15) is 12.1 Å². The third kappa shape index (κ3) is 3.66. The molecule has 0 spiro atoms. The van der Waals surface area contributed by atoms with E-state index in [0.717, 1.165) is 25.7 Å². The fourth-order valence-corrected chi connectivity index (χ4v) is 3.17. The number of carbonyl (C=O) groups excluding carboxylic acids is 2. The van der Waals surface area contributed by atoms with E-state index in [1.165, 1.54) is 18.4 Å². The lowest BCUT2D eigenvalue weighted by Gasteiger charge is -2.39. The molecule has 4 nitrogen and oxygen atoms in total. The van der Waals surface area contributed by atoms with Crippen molar-refractivity contribution in [2.75, 3.05) is 6.54 Å². The smallest absolute Gasteiger partial charge is 0.246 e. The van der Waals surface area contributed by atoms with Crippen LogP contribution in [0.2, 0.25) is 0 Å². The Balaban J connectivity index is 2.02. The number of nitrogens with zero attached hydrogens (tertiary/aromatic N) is 1. The largest absolute Gasteiger partial charge is 0.342 e. The number of rotatable bonds is 5. The average Bonchev–Trinajstić information content (AvgIpc) is 2.51. The lowest BCUT2D eigenvalue weighted by atomic mass is 9.93. The summed E-state index contributed by atoms with van der Waals surface area (Å²) in [6, 6.07) is -0.693. The van der Waals surface area contributed by atoms with Crippen LogP contribution in [0.3, 0.4) is 0 Å². The fraction of sp³-hybridized carbons (Fsp3) is 0.765. The maximum atomic E-state index is 12.6. The molecule has 1 aliphatic heterocycles. The molecule has 2 rings (SSSR count). The molecular weight excluding hydrogens is 264 g/mol. The van der Waals surface area contributed by atoms with E-state index in [9.17, 15) is 9.59 Å². The molecule has 0 aromatic carbocycles. The second-order valence-electron chi connectivity index (χ2n) is 6.44. The van der Waals surface area contributed by atoms with Crippen molar-refractivity contribution >= 4 is 11.8 Å². The number of amides is 2. The predicted octanol–water partition coefficient (Wildman–Crippen LogP) is 2.64. The van der Waals surface area contributed by atoms with Crippen LogP contribution in [-0.2, 0) is 9.59 Å². The first-order chi connectivity index (χ1) is 10.0. The van der Waals surface area contributed by atoms with Crippen LogP contribution in [0.15, 0.2) is 11.6 Å². The summed E-state index contributed by atoms with van der Waals surface area (Å²) in [4.78, 5) is 26.5. The predicted molar refractivity (Wildman–Crippen MR) is 83.7 cm³/mol. The molecule has 0 aromatic heterocycles. The van der Waals surface area contributed by atoms with Crippen LogP contribution in [0.5, 0.6) is 0 Å². The first-order valence-electron chi connectivity index (χ1n) is 8.33. The Morgan fingerprint density at radius 1 is 1.38 bits per heavy atom. The molecule has 118 valence electrons. The lowest BCUT2D eigenvalue weighted by molar-refractivity contribution is -0.150. The quantitative estimate of drug-likeness (QED) is 0.792. The molecule has 4 heteroatoms. The zero-order valence-corrected chi connectivity index (χ0v) is 13.5. The minimum Gasteiger partial charge on any atom is -0.342 e. The van der Waals surface area contributed by atoms with Crippen molar-refractivity contribution in [3.8, 4) is 0 Å². The van der Waals surface area contributed by atoms with Crippen LogP contribution in [0.4, 0.5) is 0 Å². The van der Waals surface area contributed by atoms with E-state index in [1.807, 2.05) is 13.8 Å². The molecule has 0 saturated carbocycles. The summed E-state index contributed by atoms with van der Waals surface area (Å²) in [6.07, 6.45) is 8.97. The topological polar surface area (TPSA) is 49.4 Å². The van der Waals surface area contributed by atoms with E-state index >= 15 is 0 Å². The molecule has 2 amide bonds. The number of carbonyl (C=O) groups is 2. The fourth-order valence-electron chi connectivity index (χ4n) is 3.17. The van der Waals surface area contributed by atoms with Gasteiger partial charge in [-0.2, -0.15) is 0 Å². The summed E-state index contributed by atoms with van der Waals surface area (Å²) in [5.41, 5.74) is 1.45. The zero-order valence-electron chi connectivity index (χ0n) is 13.5. The van der Waals surface area contributed by atoms with Crippen molar-refractivity contribution in [3.63, 3.8) is 0 Å². The first-order valence-corrected chi connectivity index (χ1v) is 8.33. The molecular formula is C17H28N2O2. The molecule has 2 aliphatic rings. The van der Waals surface area contributed by atoms with Gasteiger partial charge in [0.05, 0.1) is 0 Å². The molecule has 3 unspecified atom stereocenters. The maximum absolute atomic E-state index is 12.6. The normalized spacial score (nSPS) is 28.1. The van der Waals surface area contributed by atoms with Crippen LogP contribution in [-0.4, -0.2) is 35.3 Å². The molecule has 0 bridgehead atoms. The van der Waals surface area contributed by atoms with Gasteiger partial charge < -0.3 is 10.2 Å². The van der Waals surface area contributed by atoms with Crippen molar-refractivity contribution in [3.05, 3.63) is 11.6 Å². The highest BCUT2D eigenvalue weighted by Gasteiger charge is 2.39. The summed E-state index contributed by atoms with van der Waals surface area (Å²) >= 11 is 0. The Morgan fingerprint density at radius 3 is 2.76 bits per heavy atom. The summed E-state index contributed by atoms with van der Waals surface area (Å²) in [6.45, 7) is 6.58. The van der Waals surface area contributed by atoms with Gasteiger partial charge in [-0.25, -0.2) is 0 Å². The van der Waals surface area contributed by atoms with Gasteiger partial charge in [-0.3, -0.25) is 9.59 Å². The second-order valence-corrected chi connectivity index (χ2v) is 6.44. The van der Waals surface area contributed by atoms with Gasteiger partial charge in [-0.1, -0.05) is 31.9 Å². The van der Waals surface area contributed by atoms with Crippen molar-refractivity contribution < 1.29 is 9.59 Å². The van der Waals surface area contributed by atoms with E-state index in [0.29, 0.717) is 6.54 Å². The van der Waals surface area contributed by atoms with E-state index in [-0.39, 0.29) is 29.8 Å². The summed E-state index contributed by atoms with van der Waals surface area (Å²) < 4.78 is 0. The van der Waals surface area contributed by atoms with Crippen LogP contribution in [0, 0.1) is 5.92 Å². The third-order valence-electron chi connectivity index (χ3n) is 4.97.